The fourth-order valence-corrected chi connectivity index (χ4v) is 2.67. The molecule has 3 aromatic rings. The topological polar surface area (TPSA) is 88.5 Å². The Kier molecular flexibility index (Phi) is 6.01. The molecule has 3 rings (SSSR count). The van der Waals surface area contributed by atoms with Crippen molar-refractivity contribution >= 4 is 11.9 Å². The number of hydrogen-bond acceptors (Lipinski definition) is 4. The summed E-state index contributed by atoms with van der Waals surface area (Å²) in [6.07, 6.45) is 3.30. The predicted octanol–water partition coefficient (Wildman–Crippen LogP) is 3.53. The third-order valence-electron chi connectivity index (χ3n) is 4.17. The number of pyridine rings is 1. The summed E-state index contributed by atoms with van der Waals surface area (Å²) in [6, 6.07) is 17.5. The van der Waals surface area contributed by atoms with Gasteiger partial charge in [-0.2, -0.15) is 0 Å². The smallest absolute Gasteiger partial charge is 0.325 e. The highest BCUT2D eigenvalue weighted by Crippen LogP contribution is 2.26. The average molecular weight is 376 g/mol. The zero-order chi connectivity index (χ0) is 19.9. The van der Waals surface area contributed by atoms with E-state index in [-0.39, 0.29) is 0 Å². The van der Waals surface area contributed by atoms with Crippen LogP contribution >= 0.6 is 0 Å². The Morgan fingerprint density at radius 1 is 1.11 bits per heavy atom. The maximum Gasteiger partial charge on any atom is 0.325 e. The molecule has 0 saturated heterocycles. The molecule has 28 heavy (non-hydrogen) atoms. The third kappa shape index (κ3) is 4.73. The molecular weight excluding hydrogens is 356 g/mol. The fraction of sp³-hybridized carbons (Fsp3) is 0.136. The number of ether oxygens (including phenoxy) is 1. The third-order valence-corrected chi connectivity index (χ3v) is 4.17. The van der Waals surface area contributed by atoms with Gasteiger partial charge in [-0.25, -0.2) is 0 Å². The van der Waals surface area contributed by atoms with Crippen LogP contribution in [0.4, 0.5) is 0 Å². The van der Waals surface area contributed by atoms with Gasteiger partial charge in [-0.3, -0.25) is 14.6 Å². The fourth-order valence-electron chi connectivity index (χ4n) is 2.67. The monoisotopic (exact) mass is 376 g/mol. The van der Waals surface area contributed by atoms with Crippen molar-refractivity contribution in [3.05, 3.63) is 84.2 Å². The number of carbonyl (C=O) groups is 2. The number of aliphatic carboxylic acids is 1. The molecule has 1 atom stereocenters. The lowest BCUT2D eigenvalue weighted by Crippen LogP contribution is -2.38. The number of carboxylic acid groups (broad SMARTS) is 1. The molecule has 0 bridgehead atoms. The van der Waals surface area contributed by atoms with Gasteiger partial charge in [0.1, 0.15) is 18.4 Å². The number of nitrogens with zero attached hydrogens (tertiary/aromatic N) is 1. The summed E-state index contributed by atoms with van der Waals surface area (Å²) in [5.41, 5.74) is 2.86. The van der Waals surface area contributed by atoms with Gasteiger partial charge in [0.15, 0.2) is 0 Å². The van der Waals surface area contributed by atoms with Crippen molar-refractivity contribution in [1.29, 1.82) is 0 Å². The summed E-state index contributed by atoms with van der Waals surface area (Å²) in [6.45, 7) is 1.75. The molecule has 0 radical (unpaired) electrons. The minimum Gasteiger partial charge on any atom is -0.487 e. The molecule has 2 N–H and O–H groups in total. The summed E-state index contributed by atoms with van der Waals surface area (Å²) < 4.78 is 5.74. The zero-order valence-electron chi connectivity index (χ0n) is 15.3. The second-order valence-corrected chi connectivity index (χ2v) is 6.26. The first-order valence-electron chi connectivity index (χ1n) is 8.79. The van der Waals surface area contributed by atoms with Crippen LogP contribution in [0.2, 0.25) is 0 Å². The zero-order valence-corrected chi connectivity index (χ0v) is 15.3. The number of amides is 1. The molecule has 1 unspecified atom stereocenters. The number of rotatable bonds is 7. The van der Waals surface area contributed by atoms with E-state index in [4.69, 9.17) is 9.84 Å². The van der Waals surface area contributed by atoms with Crippen LogP contribution in [0.25, 0.3) is 11.1 Å². The van der Waals surface area contributed by atoms with Gasteiger partial charge in [-0.15, -0.1) is 0 Å². The van der Waals surface area contributed by atoms with Gasteiger partial charge >= 0.3 is 5.97 Å². The van der Waals surface area contributed by atoms with E-state index in [0.717, 1.165) is 11.1 Å². The number of hydrogen-bond donors (Lipinski definition) is 2. The van der Waals surface area contributed by atoms with E-state index in [9.17, 15) is 9.59 Å². The number of nitrogens with one attached hydrogen (secondary N) is 1. The summed E-state index contributed by atoms with van der Waals surface area (Å²) in [4.78, 5) is 27.7. The number of carbonyl (C=O) groups excluding carboxylic acids is 1. The highest BCUT2D eigenvalue weighted by molar-refractivity contribution is 6.02. The lowest BCUT2D eigenvalue weighted by molar-refractivity contribution is -0.138. The molecule has 1 heterocycles. The summed E-state index contributed by atoms with van der Waals surface area (Å²) in [5.74, 6) is -0.870. The molecular formula is C22H20N2O4. The Morgan fingerprint density at radius 2 is 1.89 bits per heavy atom. The molecule has 0 saturated carbocycles. The molecule has 1 amide bonds. The van der Waals surface area contributed by atoms with Crippen LogP contribution in [0, 0.1) is 0 Å². The summed E-state index contributed by atoms with van der Waals surface area (Å²) >= 11 is 0. The standard InChI is InChI=1S/C22H20N2O4/c1-15(22(26)27)24-21(25)19-10-9-16(14-28-18-8-5-11-23-13-18)12-20(19)17-6-3-2-4-7-17/h2-13,15H,14H2,1H3,(H,24,25)(H,26,27). The molecule has 1 aromatic heterocycles. The van der Waals surface area contributed by atoms with Crippen LogP contribution in [0.5, 0.6) is 5.75 Å². The molecule has 0 spiro atoms. The maximum absolute atomic E-state index is 12.6. The molecule has 0 aliphatic heterocycles. The van der Waals surface area contributed by atoms with E-state index in [1.54, 1.807) is 30.6 Å². The SMILES string of the molecule is CC(NC(=O)c1ccc(COc2cccnc2)cc1-c1ccccc1)C(=O)O. The van der Waals surface area contributed by atoms with E-state index in [1.807, 2.05) is 42.5 Å². The summed E-state index contributed by atoms with van der Waals surface area (Å²) in [7, 11) is 0. The van der Waals surface area contributed by atoms with Gasteiger partial charge < -0.3 is 15.2 Å². The second-order valence-electron chi connectivity index (χ2n) is 6.26. The first kappa shape index (κ1) is 19.1. The Morgan fingerprint density at radius 3 is 2.57 bits per heavy atom. The van der Waals surface area contributed by atoms with Crippen LogP contribution in [0.3, 0.4) is 0 Å². The van der Waals surface area contributed by atoms with Gasteiger partial charge in [-0.05, 0) is 47.9 Å². The van der Waals surface area contributed by atoms with Gasteiger partial charge in [0.25, 0.3) is 5.91 Å². The Hall–Kier alpha value is -3.67. The number of carboxylic acids is 1. The van der Waals surface area contributed by atoms with Crippen molar-refractivity contribution in [3.63, 3.8) is 0 Å². The molecule has 6 heteroatoms. The van der Waals surface area contributed by atoms with E-state index >= 15 is 0 Å². The van der Waals surface area contributed by atoms with Crippen molar-refractivity contribution in [1.82, 2.24) is 10.3 Å². The highest BCUT2D eigenvalue weighted by atomic mass is 16.5. The Bertz CT molecular complexity index is 959. The minimum absolute atomic E-state index is 0.318. The van der Waals surface area contributed by atoms with Crippen LogP contribution in [0.15, 0.2) is 73.1 Å². The van der Waals surface area contributed by atoms with E-state index in [1.165, 1.54) is 6.92 Å². The summed E-state index contributed by atoms with van der Waals surface area (Å²) in [5, 5.41) is 11.6. The van der Waals surface area contributed by atoms with E-state index < -0.39 is 17.9 Å². The largest absolute Gasteiger partial charge is 0.487 e. The van der Waals surface area contributed by atoms with E-state index in [2.05, 4.69) is 10.3 Å². The molecule has 2 aromatic carbocycles. The Balaban J connectivity index is 1.89. The molecule has 142 valence electrons. The average Bonchev–Trinajstić information content (AvgIpc) is 2.73. The van der Waals surface area contributed by atoms with Crippen molar-refractivity contribution in [2.24, 2.45) is 0 Å². The number of benzene rings is 2. The predicted molar refractivity (Wildman–Crippen MR) is 105 cm³/mol. The van der Waals surface area contributed by atoms with E-state index in [0.29, 0.717) is 23.5 Å². The molecule has 0 fully saturated rings. The lowest BCUT2D eigenvalue weighted by Gasteiger charge is -2.15. The second kappa shape index (κ2) is 8.81. The molecule has 6 nitrogen and oxygen atoms in total. The van der Waals surface area contributed by atoms with Crippen molar-refractivity contribution < 1.29 is 19.4 Å². The van der Waals surface area contributed by atoms with Gasteiger partial charge in [0.05, 0.1) is 6.20 Å². The van der Waals surface area contributed by atoms with Crippen molar-refractivity contribution in [3.8, 4) is 16.9 Å². The van der Waals surface area contributed by atoms with Gasteiger partial charge in [0.2, 0.25) is 0 Å². The first-order chi connectivity index (χ1) is 13.5. The maximum atomic E-state index is 12.6. The highest BCUT2D eigenvalue weighted by Gasteiger charge is 2.19. The van der Waals surface area contributed by atoms with Gasteiger partial charge in [-0.1, -0.05) is 36.4 Å². The first-order valence-corrected chi connectivity index (χ1v) is 8.79. The normalized spacial score (nSPS) is 11.5. The minimum atomic E-state index is -1.09. The van der Waals surface area contributed by atoms with Crippen LogP contribution in [-0.2, 0) is 11.4 Å². The molecule has 0 aliphatic carbocycles. The van der Waals surface area contributed by atoms with Crippen LogP contribution < -0.4 is 10.1 Å². The quantitative estimate of drug-likeness (QED) is 0.659. The van der Waals surface area contributed by atoms with Crippen molar-refractivity contribution in [2.75, 3.05) is 0 Å². The van der Waals surface area contributed by atoms with Crippen molar-refractivity contribution in [2.45, 2.75) is 19.6 Å². The van der Waals surface area contributed by atoms with Gasteiger partial charge in [0, 0.05) is 11.8 Å². The molecule has 0 aliphatic rings. The Labute approximate surface area is 162 Å². The van der Waals surface area contributed by atoms with Crippen LogP contribution in [-0.4, -0.2) is 28.0 Å². The van der Waals surface area contributed by atoms with Crippen LogP contribution in [0.1, 0.15) is 22.8 Å². The number of aromatic nitrogens is 1. The lowest BCUT2D eigenvalue weighted by atomic mass is 9.96.